The minimum atomic E-state index is -0.555. The van der Waals surface area contributed by atoms with Crippen LogP contribution in [-0.4, -0.2) is 40.6 Å². The van der Waals surface area contributed by atoms with Crippen molar-refractivity contribution in [1.82, 2.24) is 10.2 Å². The van der Waals surface area contributed by atoms with E-state index in [1.165, 1.54) is 19.3 Å². The van der Waals surface area contributed by atoms with Crippen molar-refractivity contribution < 1.29 is 14.3 Å². The topological polar surface area (TPSA) is 58.6 Å². The predicted octanol–water partition coefficient (Wildman–Crippen LogP) is 3.47. The van der Waals surface area contributed by atoms with Gasteiger partial charge in [0.2, 0.25) is 5.91 Å². The van der Waals surface area contributed by atoms with E-state index in [-0.39, 0.29) is 5.91 Å². The van der Waals surface area contributed by atoms with Crippen molar-refractivity contribution in [2.45, 2.75) is 96.9 Å². The molecule has 2 rings (SSSR count). The minimum absolute atomic E-state index is 0.0390. The number of fused-ring (bicyclic) bond motifs is 1. The summed E-state index contributed by atoms with van der Waals surface area (Å²) in [6.45, 7) is 9.36. The molecule has 0 aromatic carbocycles. The number of nitrogens with zero attached hydrogens (tertiary/aromatic N) is 1. The van der Waals surface area contributed by atoms with Crippen molar-refractivity contribution >= 4 is 12.0 Å². The zero-order valence-corrected chi connectivity index (χ0v) is 15.2. The first-order valence-electron chi connectivity index (χ1n) is 9.04. The molecular weight excluding hydrogens is 292 g/mol. The molecule has 1 N–H and O–H groups in total. The Morgan fingerprint density at radius 2 is 1.91 bits per heavy atom. The Labute approximate surface area is 140 Å². The number of hydrogen-bond acceptors (Lipinski definition) is 3. The van der Waals surface area contributed by atoms with Gasteiger partial charge in [-0.3, -0.25) is 4.79 Å². The van der Waals surface area contributed by atoms with Crippen LogP contribution in [0.15, 0.2) is 0 Å². The molecule has 1 aliphatic carbocycles. The van der Waals surface area contributed by atoms with Crippen LogP contribution in [0.5, 0.6) is 0 Å². The lowest BCUT2D eigenvalue weighted by Gasteiger charge is -2.35. The summed E-state index contributed by atoms with van der Waals surface area (Å²) >= 11 is 0. The van der Waals surface area contributed by atoms with Crippen molar-refractivity contribution in [3.8, 4) is 0 Å². The van der Waals surface area contributed by atoms with E-state index < -0.39 is 17.7 Å². The Hall–Kier alpha value is -1.26. The predicted molar refractivity (Wildman–Crippen MR) is 90.1 cm³/mol. The van der Waals surface area contributed by atoms with Crippen LogP contribution in [0.25, 0.3) is 0 Å². The van der Waals surface area contributed by atoms with E-state index in [2.05, 4.69) is 17.1 Å². The van der Waals surface area contributed by atoms with Gasteiger partial charge in [0.25, 0.3) is 0 Å². The average molecular weight is 324 g/mol. The summed E-state index contributed by atoms with van der Waals surface area (Å²) < 4.78 is 5.26. The average Bonchev–Trinajstić information content (AvgIpc) is 2.82. The number of nitrogens with one attached hydrogen (secondary N) is 1. The fourth-order valence-corrected chi connectivity index (χ4v) is 4.04. The molecule has 0 aromatic rings. The Kier molecular flexibility index (Phi) is 5.58. The summed E-state index contributed by atoms with van der Waals surface area (Å²) in [5.74, 6) is 0.684. The van der Waals surface area contributed by atoms with Crippen molar-refractivity contribution in [2.24, 2.45) is 5.92 Å². The van der Waals surface area contributed by atoms with Crippen molar-refractivity contribution in [2.75, 3.05) is 0 Å². The molecule has 2 fully saturated rings. The number of ether oxygens (including phenoxy) is 1. The van der Waals surface area contributed by atoms with Crippen LogP contribution in [0.4, 0.5) is 4.79 Å². The van der Waals surface area contributed by atoms with E-state index in [9.17, 15) is 9.59 Å². The number of carbonyl (C=O) groups is 2. The number of alkyl carbamates (subject to hydrolysis) is 1. The van der Waals surface area contributed by atoms with E-state index in [0.29, 0.717) is 18.0 Å². The molecule has 1 saturated heterocycles. The molecule has 1 saturated carbocycles. The highest BCUT2D eigenvalue weighted by Crippen LogP contribution is 2.40. The smallest absolute Gasteiger partial charge is 0.408 e. The fraction of sp³-hybridized carbons (Fsp3) is 0.889. The van der Waals surface area contributed by atoms with Crippen molar-refractivity contribution in [1.29, 1.82) is 0 Å². The molecule has 0 aromatic heterocycles. The molecule has 5 heteroatoms. The third kappa shape index (κ3) is 4.39. The third-order valence-corrected chi connectivity index (χ3v) is 5.02. The van der Waals surface area contributed by atoms with E-state index in [0.717, 1.165) is 19.3 Å². The molecule has 0 bridgehead atoms. The van der Waals surface area contributed by atoms with Gasteiger partial charge in [-0.1, -0.05) is 19.8 Å². The normalized spacial score (nSPS) is 28.9. The van der Waals surface area contributed by atoms with Gasteiger partial charge in [-0.25, -0.2) is 4.79 Å². The summed E-state index contributed by atoms with van der Waals surface area (Å²) in [5, 5.41) is 2.70. The molecule has 1 aliphatic heterocycles. The van der Waals surface area contributed by atoms with Crippen LogP contribution >= 0.6 is 0 Å². The monoisotopic (exact) mass is 324 g/mol. The van der Waals surface area contributed by atoms with Gasteiger partial charge >= 0.3 is 6.09 Å². The van der Waals surface area contributed by atoms with Gasteiger partial charge in [0.05, 0.1) is 0 Å². The molecule has 0 radical (unpaired) electrons. The summed E-state index contributed by atoms with van der Waals surface area (Å²) in [7, 11) is 0. The first-order chi connectivity index (χ1) is 10.7. The first kappa shape index (κ1) is 18.1. The van der Waals surface area contributed by atoms with E-state index in [4.69, 9.17) is 4.74 Å². The standard InChI is InChI=1S/C18H32N2O3/c1-6-14-11-13-9-7-8-10-15(13)20(14)16(21)12(2)19-17(22)23-18(3,4)5/h12-15H,6-11H2,1-5H3,(H,19,22)/t12-,13?,14?,15?/m0/s1. The molecule has 0 spiro atoms. The van der Waals surface area contributed by atoms with Crippen LogP contribution in [-0.2, 0) is 9.53 Å². The Morgan fingerprint density at radius 3 is 2.52 bits per heavy atom. The lowest BCUT2D eigenvalue weighted by molar-refractivity contribution is -0.136. The van der Waals surface area contributed by atoms with Gasteiger partial charge in [0.15, 0.2) is 0 Å². The number of hydrogen-bond donors (Lipinski definition) is 1. The SMILES string of the molecule is CCC1CC2CCCCC2N1C(=O)[C@H](C)NC(=O)OC(C)(C)C. The Morgan fingerprint density at radius 1 is 1.26 bits per heavy atom. The second-order valence-corrected chi connectivity index (χ2v) is 8.02. The van der Waals surface area contributed by atoms with E-state index in [1.807, 2.05) is 20.8 Å². The molecule has 5 nitrogen and oxygen atoms in total. The maximum atomic E-state index is 12.9. The van der Waals surface area contributed by atoms with Crippen molar-refractivity contribution in [3.05, 3.63) is 0 Å². The zero-order chi connectivity index (χ0) is 17.2. The van der Waals surface area contributed by atoms with Crippen LogP contribution in [0, 0.1) is 5.92 Å². The molecule has 2 aliphatic rings. The fourth-order valence-electron chi connectivity index (χ4n) is 4.04. The summed E-state index contributed by atoms with van der Waals surface area (Å²) in [6.07, 6.45) is 6.40. The highest BCUT2D eigenvalue weighted by atomic mass is 16.6. The zero-order valence-electron chi connectivity index (χ0n) is 15.2. The molecular formula is C18H32N2O3. The molecule has 1 heterocycles. The number of carbonyl (C=O) groups excluding carboxylic acids is 2. The number of rotatable bonds is 3. The second-order valence-electron chi connectivity index (χ2n) is 8.02. The van der Waals surface area contributed by atoms with Gasteiger partial charge in [0.1, 0.15) is 11.6 Å². The van der Waals surface area contributed by atoms with E-state index in [1.54, 1.807) is 6.92 Å². The lowest BCUT2D eigenvalue weighted by atomic mass is 9.84. The van der Waals surface area contributed by atoms with Crippen LogP contribution < -0.4 is 5.32 Å². The van der Waals surface area contributed by atoms with Gasteiger partial charge in [-0.2, -0.15) is 0 Å². The highest BCUT2D eigenvalue weighted by molar-refractivity contribution is 5.86. The molecule has 132 valence electrons. The summed E-state index contributed by atoms with van der Waals surface area (Å²) in [5.41, 5.74) is -0.555. The maximum absolute atomic E-state index is 12.9. The third-order valence-electron chi connectivity index (χ3n) is 5.02. The summed E-state index contributed by atoms with van der Waals surface area (Å²) in [6, 6.07) is 0.141. The van der Waals surface area contributed by atoms with E-state index >= 15 is 0 Å². The number of likely N-dealkylation sites (tertiary alicyclic amines) is 1. The minimum Gasteiger partial charge on any atom is -0.444 e. The summed E-state index contributed by atoms with van der Waals surface area (Å²) in [4.78, 5) is 26.9. The van der Waals surface area contributed by atoms with Gasteiger partial charge in [0, 0.05) is 12.1 Å². The van der Waals surface area contributed by atoms with Gasteiger partial charge in [-0.15, -0.1) is 0 Å². The van der Waals surface area contributed by atoms with Crippen molar-refractivity contribution in [3.63, 3.8) is 0 Å². The van der Waals surface area contributed by atoms with Crippen LogP contribution in [0.3, 0.4) is 0 Å². The molecule has 23 heavy (non-hydrogen) atoms. The Bertz CT molecular complexity index is 444. The lowest BCUT2D eigenvalue weighted by Crippen LogP contribution is -2.52. The molecule has 2 amide bonds. The van der Waals surface area contributed by atoms with Gasteiger partial charge < -0.3 is 15.0 Å². The Balaban J connectivity index is 2.01. The first-order valence-corrected chi connectivity index (χ1v) is 9.04. The highest BCUT2D eigenvalue weighted by Gasteiger charge is 2.44. The largest absolute Gasteiger partial charge is 0.444 e. The molecule has 4 atom stereocenters. The molecule has 3 unspecified atom stereocenters. The second kappa shape index (κ2) is 7.10. The van der Waals surface area contributed by atoms with Crippen LogP contribution in [0.1, 0.15) is 73.1 Å². The quantitative estimate of drug-likeness (QED) is 0.865. The van der Waals surface area contributed by atoms with Crippen LogP contribution in [0.2, 0.25) is 0 Å². The number of amides is 2. The maximum Gasteiger partial charge on any atom is 0.408 e. The van der Waals surface area contributed by atoms with Gasteiger partial charge in [-0.05, 0) is 59.3 Å².